The first-order valence-electron chi connectivity index (χ1n) is 10.2. The number of nitrogens with one attached hydrogen (secondary N) is 1. The van der Waals surface area contributed by atoms with E-state index in [2.05, 4.69) is 10.5 Å². The summed E-state index contributed by atoms with van der Waals surface area (Å²) in [6.07, 6.45) is 3.42. The van der Waals surface area contributed by atoms with Gasteiger partial charge in [-0.2, -0.15) is 5.10 Å². The van der Waals surface area contributed by atoms with Crippen molar-refractivity contribution >= 4 is 17.7 Å². The Bertz CT molecular complexity index is 1290. The smallest absolute Gasteiger partial charge is 0.374 e. The number of carbonyl (C=O) groups is 3. The Kier molecular flexibility index (Phi) is 6.21. The van der Waals surface area contributed by atoms with E-state index in [4.69, 9.17) is 9.15 Å². The van der Waals surface area contributed by atoms with E-state index in [9.17, 15) is 14.4 Å². The number of hydrogen-bond acceptors (Lipinski definition) is 6. The Balaban J connectivity index is 1.38. The van der Waals surface area contributed by atoms with Crippen LogP contribution in [0.4, 0.5) is 0 Å². The predicted octanol–water partition coefficient (Wildman–Crippen LogP) is 3.37. The summed E-state index contributed by atoms with van der Waals surface area (Å²) in [5.41, 5.74) is 4.84. The van der Waals surface area contributed by atoms with Gasteiger partial charge in [0.2, 0.25) is 11.5 Å². The van der Waals surface area contributed by atoms with E-state index in [1.165, 1.54) is 6.07 Å². The lowest BCUT2D eigenvalue weighted by molar-refractivity contribution is 0.0442. The molecule has 0 bridgehead atoms. The van der Waals surface area contributed by atoms with Crippen molar-refractivity contribution in [3.05, 3.63) is 101 Å². The molecule has 0 atom stereocenters. The summed E-state index contributed by atoms with van der Waals surface area (Å²) in [6.45, 7) is 3.40. The average Bonchev–Trinajstić information content (AvgIpc) is 3.56. The zero-order valence-electron chi connectivity index (χ0n) is 18.1. The fourth-order valence-corrected chi connectivity index (χ4v) is 3.38. The van der Waals surface area contributed by atoms with Crippen LogP contribution in [-0.4, -0.2) is 38.7 Å². The van der Waals surface area contributed by atoms with Gasteiger partial charge in [0.1, 0.15) is 5.76 Å². The molecule has 9 nitrogen and oxygen atoms in total. The Morgan fingerprint density at radius 1 is 1.06 bits per heavy atom. The number of Topliss-reactive ketones (excluding diaryl/α,β-unsaturated/α-hetero) is 1. The number of carbonyl (C=O) groups excluding carboxylic acids is 3. The Morgan fingerprint density at radius 2 is 1.85 bits per heavy atom. The topological polar surface area (TPSA) is 108 Å². The summed E-state index contributed by atoms with van der Waals surface area (Å²) in [4.78, 5) is 37.5. The van der Waals surface area contributed by atoms with Crippen molar-refractivity contribution in [3.8, 4) is 0 Å². The van der Waals surface area contributed by atoms with Gasteiger partial charge in [-0.1, -0.05) is 18.2 Å². The number of aromatic nitrogens is 3. The normalized spacial score (nSPS) is 10.7. The van der Waals surface area contributed by atoms with Crippen LogP contribution in [0, 0.1) is 13.8 Å². The van der Waals surface area contributed by atoms with Gasteiger partial charge in [0, 0.05) is 34.9 Å². The van der Waals surface area contributed by atoms with Crippen LogP contribution in [0.1, 0.15) is 48.4 Å². The molecule has 0 aliphatic rings. The first-order valence-corrected chi connectivity index (χ1v) is 10.2. The Morgan fingerprint density at radius 3 is 2.58 bits per heavy atom. The van der Waals surface area contributed by atoms with E-state index in [0.717, 1.165) is 0 Å². The van der Waals surface area contributed by atoms with Crippen LogP contribution in [0.5, 0.6) is 0 Å². The lowest BCUT2D eigenvalue weighted by atomic mass is 10.1. The largest absolute Gasteiger partial charge is 0.452 e. The second-order valence-corrected chi connectivity index (χ2v) is 7.40. The summed E-state index contributed by atoms with van der Waals surface area (Å²) in [5.74, 6) is -0.881. The minimum atomic E-state index is -0.735. The van der Waals surface area contributed by atoms with Gasteiger partial charge in [0.25, 0.3) is 5.91 Å². The third kappa shape index (κ3) is 4.93. The first kappa shape index (κ1) is 21.8. The van der Waals surface area contributed by atoms with Crippen LogP contribution in [0.2, 0.25) is 0 Å². The number of amides is 1. The molecular formula is C24H22N4O5. The standard InChI is InChI=1S/C24H22N4O5/c1-16-13-20(17(2)28(16)26-23(30)18-7-4-3-5-8-18)21(29)15-32-24(31)22-10-9-19(33-22)14-27-12-6-11-25-27/h3-13H,14-15H2,1-2H3,(H,26,30). The number of hydrogen-bond donors (Lipinski definition) is 1. The number of ketones is 1. The second-order valence-electron chi connectivity index (χ2n) is 7.40. The van der Waals surface area contributed by atoms with Crippen LogP contribution in [-0.2, 0) is 11.3 Å². The maximum atomic E-state index is 12.7. The van der Waals surface area contributed by atoms with Crippen LogP contribution < -0.4 is 5.43 Å². The maximum absolute atomic E-state index is 12.7. The first-order chi connectivity index (χ1) is 15.9. The molecule has 168 valence electrons. The van der Waals surface area contributed by atoms with E-state index in [1.807, 2.05) is 6.07 Å². The highest BCUT2D eigenvalue weighted by Crippen LogP contribution is 2.16. The van der Waals surface area contributed by atoms with Crippen molar-refractivity contribution in [2.75, 3.05) is 12.0 Å². The second kappa shape index (κ2) is 9.39. The number of esters is 1. The molecule has 1 N–H and O–H groups in total. The molecule has 3 heterocycles. The van der Waals surface area contributed by atoms with Crippen molar-refractivity contribution in [3.63, 3.8) is 0 Å². The molecule has 0 unspecified atom stereocenters. The molecular weight excluding hydrogens is 424 g/mol. The number of rotatable bonds is 8. The van der Waals surface area contributed by atoms with Gasteiger partial charge in [-0.3, -0.25) is 24.4 Å². The third-order valence-corrected chi connectivity index (χ3v) is 5.06. The van der Waals surface area contributed by atoms with Crippen LogP contribution in [0.15, 0.2) is 71.4 Å². The highest BCUT2D eigenvalue weighted by Gasteiger charge is 2.20. The number of ether oxygens (including phenoxy) is 1. The average molecular weight is 446 g/mol. The molecule has 0 spiro atoms. The van der Waals surface area contributed by atoms with Crippen molar-refractivity contribution in [1.82, 2.24) is 14.5 Å². The van der Waals surface area contributed by atoms with Gasteiger partial charge in [-0.15, -0.1) is 0 Å². The van der Waals surface area contributed by atoms with Crippen LogP contribution >= 0.6 is 0 Å². The molecule has 1 amide bonds. The summed E-state index contributed by atoms with van der Waals surface area (Å²) < 4.78 is 13.8. The summed E-state index contributed by atoms with van der Waals surface area (Å²) in [6, 6.07) is 15.3. The van der Waals surface area contributed by atoms with E-state index in [1.54, 1.807) is 78.1 Å². The van der Waals surface area contributed by atoms with Crippen LogP contribution in [0.25, 0.3) is 0 Å². The molecule has 0 saturated carbocycles. The summed E-state index contributed by atoms with van der Waals surface area (Å²) in [7, 11) is 0. The van der Waals surface area contributed by atoms with Gasteiger partial charge in [0.05, 0.1) is 6.54 Å². The van der Waals surface area contributed by atoms with E-state index in [-0.39, 0.29) is 17.5 Å². The molecule has 0 saturated heterocycles. The van der Waals surface area contributed by atoms with Crippen molar-refractivity contribution in [1.29, 1.82) is 0 Å². The molecule has 0 radical (unpaired) electrons. The molecule has 9 heteroatoms. The highest BCUT2D eigenvalue weighted by atomic mass is 16.5. The monoisotopic (exact) mass is 446 g/mol. The molecule has 3 aromatic heterocycles. The van der Waals surface area contributed by atoms with Gasteiger partial charge in [-0.05, 0) is 50.2 Å². The van der Waals surface area contributed by atoms with E-state index >= 15 is 0 Å². The van der Waals surface area contributed by atoms with Gasteiger partial charge >= 0.3 is 5.97 Å². The number of benzene rings is 1. The lowest BCUT2D eigenvalue weighted by Crippen LogP contribution is -2.25. The molecule has 4 rings (SSSR count). The summed E-state index contributed by atoms with van der Waals surface area (Å²) in [5, 5.41) is 4.08. The van der Waals surface area contributed by atoms with Crippen LogP contribution in [0.3, 0.4) is 0 Å². The predicted molar refractivity (Wildman–Crippen MR) is 119 cm³/mol. The minimum Gasteiger partial charge on any atom is -0.452 e. The lowest BCUT2D eigenvalue weighted by Gasteiger charge is -2.11. The van der Waals surface area contributed by atoms with Gasteiger partial charge < -0.3 is 9.15 Å². The highest BCUT2D eigenvalue weighted by molar-refractivity contribution is 6.02. The van der Waals surface area contributed by atoms with Gasteiger partial charge in [0.15, 0.2) is 6.61 Å². The molecule has 33 heavy (non-hydrogen) atoms. The number of aryl methyl sites for hydroxylation is 1. The minimum absolute atomic E-state index is 0.00514. The van der Waals surface area contributed by atoms with E-state index < -0.39 is 12.6 Å². The van der Waals surface area contributed by atoms with Gasteiger partial charge in [-0.25, -0.2) is 4.79 Å². The number of nitrogens with zero attached hydrogens (tertiary/aromatic N) is 3. The number of furan rings is 1. The molecule has 0 aliphatic heterocycles. The quantitative estimate of drug-likeness (QED) is 0.328. The Labute approximate surface area is 189 Å². The fraction of sp³-hybridized carbons (Fsp3) is 0.167. The SMILES string of the molecule is Cc1cc(C(=O)COC(=O)c2ccc(Cn3cccn3)o2)c(C)n1NC(=O)c1ccccc1. The van der Waals surface area contributed by atoms with Crippen molar-refractivity contribution in [2.24, 2.45) is 0 Å². The molecule has 0 fully saturated rings. The van der Waals surface area contributed by atoms with E-state index in [0.29, 0.717) is 34.8 Å². The zero-order chi connectivity index (χ0) is 23.4. The van der Waals surface area contributed by atoms with Crippen molar-refractivity contribution in [2.45, 2.75) is 20.4 Å². The maximum Gasteiger partial charge on any atom is 0.374 e. The summed E-state index contributed by atoms with van der Waals surface area (Å²) >= 11 is 0. The molecule has 0 aliphatic carbocycles. The fourth-order valence-electron chi connectivity index (χ4n) is 3.38. The third-order valence-electron chi connectivity index (χ3n) is 5.06. The van der Waals surface area contributed by atoms with Crippen molar-refractivity contribution < 1.29 is 23.5 Å². The Hall–Kier alpha value is -4.40. The molecule has 1 aromatic carbocycles. The molecule has 4 aromatic rings. The zero-order valence-corrected chi connectivity index (χ0v) is 18.1.